The van der Waals surface area contributed by atoms with Gasteiger partial charge in [-0.05, 0) is 38.0 Å². The molecule has 0 bridgehead atoms. The summed E-state index contributed by atoms with van der Waals surface area (Å²) in [5, 5.41) is 16.3. The Morgan fingerprint density at radius 1 is 0.971 bits per heavy atom. The summed E-state index contributed by atoms with van der Waals surface area (Å²) in [5.74, 6) is -1.52. The fourth-order valence-electron chi connectivity index (χ4n) is 3.44. The third-order valence-electron chi connectivity index (χ3n) is 5.52. The molecule has 2 heterocycles. The van der Waals surface area contributed by atoms with Gasteiger partial charge in [0.1, 0.15) is 17.7 Å². The van der Waals surface area contributed by atoms with Crippen LogP contribution >= 0.6 is 0 Å². The summed E-state index contributed by atoms with van der Waals surface area (Å²) in [5.41, 5.74) is 0.451. The van der Waals surface area contributed by atoms with Crippen LogP contribution in [-0.4, -0.2) is 64.1 Å². The van der Waals surface area contributed by atoms with Crippen LogP contribution in [0.5, 0.6) is 0 Å². The average Bonchev–Trinajstić information content (AvgIpc) is 3.57. The monoisotopic (exact) mass is 468 g/mol. The second-order valence-corrected chi connectivity index (χ2v) is 8.39. The van der Waals surface area contributed by atoms with Crippen molar-refractivity contribution in [3.63, 3.8) is 0 Å². The molecule has 1 aliphatic heterocycles. The van der Waals surface area contributed by atoms with Crippen molar-refractivity contribution >= 4 is 23.7 Å². The fourth-order valence-corrected chi connectivity index (χ4v) is 3.44. The van der Waals surface area contributed by atoms with Crippen molar-refractivity contribution in [2.75, 3.05) is 6.61 Å². The van der Waals surface area contributed by atoms with Crippen LogP contribution in [0.4, 0.5) is 4.79 Å². The predicted octanol–water partition coefficient (Wildman–Crippen LogP) is 0.851. The van der Waals surface area contributed by atoms with Crippen molar-refractivity contribution in [2.45, 2.75) is 50.4 Å². The maximum Gasteiger partial charge on any atom is 0.405 e. The number of carbonyl (C=O) groups excluding carboxylic acids is 3. The standard InChI is InChI=1S/C24H28N4O6/c1-15(26-23(32)33)21(30)28-19(13-17-10-6-7-11-25-17)22(31)27-18(20(29)24(2)14-34-24)12-16-8-4-3-5-9-16/h3-11,15,18-19,26H,12-14H2,1-2H3,(H,27,31)(H,28,30)(H,32,33)/t15-,18-,19-,24-/m0/s1. The molecule has 34 heavy (non-hydrogen) atoms. The third kappa shape index (κ3) is 6.85. The van der Waals surface area contributed by atoms with Crippen molar-refractivity contribution in [1.29, 1.82) is 0 Å². The van der Waals surface area contributed by atoms with Crippen LogP contribution in [0, 0.1) is 0 Å². The van der Waals surface area contributed by atoms with Crippen LogP contribution in [-0.2, 0) is 32.0 Å². The zero-order chi connectivity index (χ0) is 24.7. The number of ether oxygens (including phenoxy) is 1. The number of rotatable bonds is 11. The second-order valence-electron chi connectivity index (χ2n) is 8.39. The minimum atomic E-state index is -1.36. The lowest BCUT2D eigenvalue weighted by Gasteiger charge is -2.25. The van der Waals surface area contributed by atoms with Crippen molar-refractivity contribution in [3.8, 4) is 0 Å². The van der Waals surface area contributed by atoms with Gasteiger partial charge < -0.3 is 25.8 Å². The van der Waals surface area contributed by atoms with E-state index in [4.69, 9.17) is 9.84 Å². The molecule has 4 N–H and O–H groups in total. The van der Waals surface area contributed by atoms with E-state index in [1.807, 2.05) is 30.3 Å². The van der Waals surface area contributed by atoms with Crippen molar-refractivity contribution < 1.29 is 29.0 Å². The summed E-state index contributed by atoms with van der Waals surface area (Å²) < 4.78 is 5.30. The quantitative estimate of drug-likeness (QED) is 0.357. The minimum Gasteiger partial charge on any atom is -0.465 e. The third-order valence-corrected chi connectivity index (χ3v) is 5.52. The lowest BCUT2D eigenvalue weighted by molar-refractivity contribution is -0.133. The number of hydrogen-bond donors (Lipinski definition) is 4. The van der Waals surface area contributed by atoms with Crippen LogP contribution in [0.1, 0.15) is 25.1 Å². The van der Waals surface area contributed by atoms with Crippen LogP contribution in [0.25, 0.3) is 0 Å². The summed E-state index contributed by atoms with van der Waals surface area (Å²) in [6.45, 7) is 3.32. The second kappa shape index (κ2) is 10.9. The molecule has 3 amide bonds. The molecule has 10 heteroatoms. The molecular formula is C24H28N4O6. The summed E-state index contributed by atoms with van der Waals surface area (Å²) in [7, 11) is 0. The fraction of sp³-hybridized carbons (Fsp3) is 0.375. The zero-order valence-corrected chi connectivity index (χ0v) is 19.0. The molecule has 3 rings (SSSR count). The number of nitrogens with one attached hydrogen (secondary N) is 3. The highest BCUT2D eigenvalue weighted by Gasteiger charge is 2.50. The van der Waals surface area contributed by atoms with E-state index < -0.39 is 41.6 Å². The molecule has 180 valence electrons. The molecule has 0 aliphatic carbocycles. The topological polar surface area (TPSA) is 150 Å². The first-order valence-electron chi connectivity index (χ1n) is 10.9. The highest BCUT2D eigenvalue weighted by Crippen LogP contribution is 2.29. The van der Waals surface area contributed by atoms with E-state index in [0.717, 1.165) is 5.56 Å². The largest absolute Gasteiger partial charge is 0.465 e. The molecule has 1 aromatic heterocycles. The van der Waals surface area contributed by atoms with E-state index in [1.165, 1.54) is 6.92 Å². The number of benzene rings is 1. The molecule has 4 atom stereocenters. The van der Waals surface area contributed by atoms with E-state index in [0.29, 0.717) is 5.69 Å². The highest BCUT2D eigenvalue weighted by atomic mass is 16.6. The van der Waals surface area contributed by atoms with Gasteiger partial charge in [0.2, 0.25) is 11.8 Å². The van der Waals surface area contributed by atoms with Gasteiger partial charge >= 0.3 is 6.09 Å². The number of pyridine rings is 1. The number of carbonyl (C=O) groups is 4. The zero-order valence-electron chi connectivity index (χ0n) is 19.0. The number of aromatic nitrogens is 1. The van der Waals surface area contributed by atoms with Crippen LogP contribution in [0.2, 0.25) is 0 Å². The molecule has 2 aromatic rings. The number of ketones is 1. The Morgan fingerprint density at radius 2 is 1.62 bits per heavy atom. The van der Waals surface area contributed by atoms with Crippen LogP contribution in [0.15, 0.2) is 54.7 Å². The van der Waals surface area contributed by atoms with Gasteiger partial charge in [-0.2, -0.15) is 0 Å². The lowest BCUT2D eigenvalue weighted by atomic mass is 9.94. The number of Topliss-reactive ketones (excluding diaryl/α,β-unsaturated/α-hetero) is 1. The van der Waals surface area contributed by atoms with E-state index >= 15 is 0 Å². The summed E-state index contributed by atoms with van der Waals surface area (Å²) in [6, 6.07) is 11.4. The Morgan fingerprint density at radius 3 is 2.21 bits per heavy atom. The summed E-state index contributed by atoms with van der Waals surface area (Å²) >= 11 is 0. The molecule has 1 fully saturated rings. The summed E-state index contributed by atoms with van der Waals surface area (Å²) in [6.07, 6.45) is 0.511. The molecular weight excluding hydrogens is 440 g/mol. The van der Waals surface area contributed by atoms with Crippen LogP contribution < -0.4 is 16.0 Å². The first kappa shape index (κ1) is 24.8. The Bertz CT molecular complexity index is 1030. The van der Waals surface area contributed by atoms with Crippen LogP contribution in [0.3, 0.4) is 0 Å². The number of carboxylic acid groups (broad SMARTS) is 1. The van der Waals surface area contributed by atoms with Gasteiger partial charge in [-0.3, -0.25) is 19.4 Å². The van der Waals surface area contributed by atoms with Crippen molar-refractivity contribution in [3.05, 3.63) is 66.0 Å². The van der Waals surface area contributed by atoms with Gasteiger partial charge in [-0.1, -0.05) is 36.4 Å². The molecule has 0 radical (unpaired) electrons. The molecule has 0 unspecified atom stereocenters. The van der Waals surface area contributed by atoms with Gasteiger partial charge in [0.05, 0.1) is 12.6 Å². The maximum absolute atomic E-state index is 13.3. The molecule has 10 nitrogen and oxygen atoms in total. The maximum atomic E-state index is 13.3. The normalized spacial score (nSPS) is 19.2. The SMILES string of the molecule is C[C@H](NC(=O)O)C(=O)N[C@@H](Cc1ccccn1)C(=O)N[C@@H](Cc1ccccc1)C(=O)[C@]1(C)CO1. The number of epoxide rings is 1. The molecule has 0 spiro atoms. The van der Waals surface area contributed by atoms with Gasteiger partial charge in [0.15, 0.2) is 5.78 Å². The van der Waals surface area contributed by atoms with E-state index in [2.05, 4.69) is 20.9 Å². The van der Waals surface area contributed by atoms with Gasteiger partial charge in [0.25, 0.3) is 0 Å². The molecule has 1 aromatic carbocycles. The van der Waals surface area contributed by atoms with Crippen molar-refractivity contribution in [2.24, 2.45) is 0 Å². The van der Waals surface area contributed by atoms with Crippen molar-refractivity contribution in [1.82, 2.24) is 20.9 Å². The molecule has 1 aliphatic rings. The molecule has 1 saturated heterocycles. The Kier molecular flexibility index (Phi) is 7.95. The van der Waals surface area contributed by atoms with Gasteiger partial charge in [-0.15, -0.1) is 0 Å². The first-order valence-corrected chi connectivity index (χ1v) is 10.9. The van der Waals surface area contributed by atoms with E-state index in [-0.39, 0.29) is 25.2 Å². The minimum absolute atomic E-state index is 0.0538. The number of amides is 3. The van der Waals surface area contributed by atoms with E-state index in [9.17, 15) is 19.2 Å². The Hall–Kier alpha value is -3.79. The number of hydrogen-bond acceptors (Lipinski definition) is 6. The Balaban J connectivity index is 1.79. The summed E-state index contributed by atoms with van der Waals surface area (Å²) in [4.78, 5) is 54.0. The highest BCUT2D eigenvalue weighted by molar-refractivity contribution is 5.98. The smallest absolute Gasteiger partial charge is 0.405 e. The average molecular weight is 469 g/mol. The molecule has 0 saturated carbocycles. The van der Waals surface area contributed by atoms with E-state index in [1.54, 1.807) is 31.3 Å². The number of nitrogens with zero attached hydrogens (tertiary/aromatic N) is 1. The first-order chi connectivity index (χ1) is 16.2. The Labute approximate surface area is 197 Å². The lowest BCUT2D eigenvalue weighted by Crippen LogP contribution is -2.57. The van der Waals surface area contributed by atoms with Gasteiger partial charge in [-0.25, -0.2) is 4.79 Å². The van der Waals surface area contributed by atoms with Gasteiger partial charge in [0, 0.05) is 18.3 Å². The predicted molar refractivity (Wildman–Crippen MR) is 122 cm³/mol.